The van der Waals surface area contributed by atoms with E-state index in [0.29, 0.717) is 24.3 Å². The lowest BCUT2D eigenvalue weighted by Gasteiger charge is -2.26. The third-order valence-corrected chi connectivity index (χ3v) is 3.73. The van der Waals surface area contributed by atoms with E-state index in [1.165, 1.54) is 6.20 Å². The number of anilines is 1. The molecule has 2 heterocycles. The van der Waals surface area contributed by atoms with Crippen molar-refractivity contribution in [3.05, 3.63) is 53.9 Å². The zero-order valence-electron chi connectivity index (χ0n) is 12.8. The summed E-state index contributed by atoms with van der Waals surface area (Å²) in [5.74, 6) is 0.487. The van der Waals surface area contributed by atoms with Crippen LogP contribution in [0.25, 0.3) is 0 Å². The summed E-state index contributed by atoms with van der Waals surface area (Å²) in [4.78, 5) is 29.1. The Morgan fingerprint density at radius 2 is 2.26 bits per heavy atom. The number of benzene rings is 1. The topological polar surface area (TPSA) is 71.5 Å². The number of hydrogen-bond acceptors (Lipinski definition) is 4. The van der Waals surface area contributed by atoms with Crippen LogP contribution >= 0.6 is 0 Å². The molecule has 1 aliphatic heterocycles. The van der Waals surface area contributed by atoms with Crippen molar-refractivity contribution in [1.29, 1.82) is 0 Å². The maximum Gasteiger partial charge on any atom is 0.264 e. The maximum absolute atomic E-state index is 11.9. The smallest absolute Gasteiger partial charge is 0.264 e. The molecule has 0 atom stereocenters. The Hall–Kier alpha value is -2.89. The highest BCUT2D eigenvalue weighted by Crippen LogP contribution is 2.31. The number of amides is 2. The van der Waals surface area contributed by atoms with Gasteiger partial charge in [-0.05, 0) is 36.2 Å². The molecule has 0 radical (unpaired) electrons. The van der Waals surface area contributed by atoms with Gasteiger partial charge in [-0.15, -0.1) is 0 Å². The van der Waals surface area contributed by atoms with Crippen molar-refractivity contribution >= 4 is 17.5 Å². The van der Waals surface area contributed by atoms with Crippen LogP contribution in [-0.2, 0) is 11.2 Å². The van der Waals surface area contributed by atoms with E-state index in [4.69, 9.17) is 4.74 Å². The van der Waals surface area contributed by atoms with Gasteiger partial charge < -0.3 is 15.0 Å². The summed E-state index contributed by atoms with van der Waals surface area (Å²) in [6.45, 7) is 0.578. The molecule has 23 heavy (non-hydrogen) atoms. The van der Waals surface area contributed by atoms with Gasteiger partial charge in [-0.1, -0.05) is 6.07 Å². The maximum atomic E-state index is 11.9. The van der Waals surface area contributed by atoms with E-state index in [1.807, 2.05) is 18.2 Å². The molecular weight excluding hydrogens is 294 g/mol. The Balaban J connectivity index is 1.61. The number of nitrogens with zero attached hydrogens (tertiary/aromatic N) is 2. The molecule has 1 N–H and O–H groups in total. The van der Waals surface area contributed by atoms with Gasteiger partial charge in [-0.2, -0.15) is 0 Å². The van der Waals surface area contributed by atoms with Gasteiger partial charge in [0.15, 0.2) is 6.61 Å². The van der Waals surface area contributed by atoms with E-state index < -0.39 is 0 Å². The van der Waals surface area contributed by atoms with Crippen molar-refractivity contribution in [3.8, 4) is 5.75 Å². The molecule has 0 fully saturated rings. The number of rotatable bonds is 4. The zero-order chi connectivity index (χ0) is 16.2. The molecular formula is C17H17N3O3. The monoisotopic (exact) mass is 311 g/mol. The van der Waals surface area contributed by atoms with Crippen LogP contribution in [0.15, 0.2) is 42.7 Å². The standard InChI is InChI=1S/C17H17N3O3/c1-20-14-9-12(4-5-15(14)23-11-16(20)21)6-8-19-17(22)13-3-2-7-18-10-13/h2-5,7,9-10H,6,8,11H2,1H3,(H,19,22). The van der Waals surface area contributed by atoms with Gasteiger partial charge in [0.2, 0.25) is 0 Å². The summed E-state index contributed by atoms with van der Waals surface area (Å²) >= 11 is 0. The second kappa shape index (κ2) is 6.48. The molecule has 0 spiro atoms. The summed E-state index contributed by atoms with van der Waals surface area (Å²) in [5, 5.41) is 2.86. The molecule has 0 bridgehead atoms. The SMILES string of the molecule is CN1C(=O)COc2ccc(CCNC(=O)c3cccnc3)cc21. The first kappa shape index (κ1) is 15.0. The lowest BCUT2D eigenvalue weighted by Crippen LogP contribution is -2.35. The molecule has 6 heteroatoms. The Bertz CT molecular complexity index is 731. The third kappa shape index (κ3) is 3.31. The number of aromatic nitrogens is 1. The van der Waals surface area contributed by atoms with Gasteiger partial charge in [-0.25, -0.2) is 0 Å². The van der Waals surface area contributed by atoms with E-state index in [1.54, 1.807) is 30.3 Å². The van der Waals surface area contributed by atoms with Crippen LogP contribution in [0, 0.1) is 0 Å². The minimum absolute atomic E-state index is 0.0699. The van der Waals surface area contributed by atoms with Crippen molar-refractivity contribution in [3.63, 3.8) is 0 Å². The van der Waals surface area contributed by atoms with Crippen molar-refractivity contribution in [2.45, 2.75) is 6.42 Å². The Labute approximate surface area is 134 Å². The molecule has 118 valence electrons. The third-order valence-electron chi connectivity index (χ3n) is 3.73. The summed E-state index contributed by atoms with van der Waals surface area (Å²) in [7, 11) is 1.73. The van der Waals surface area contributed by atoms with Gasteiger partial charge >= 0.3 is 0 Å². The molecule has 1 aliphatic rings. The van der Waals surface area contributed by atoms with Crippen LogP contribution in [0.1, 0.15) is 15.9 Å². The molecule has 1 aromatic carbocycles. The first-order valence-corrected chi connectivity index (χ1v) is 7.35. The normalized spacial score (nSPS) is 13.3. The Morgan fingerprint density at radius 1 is 1.39 bits per heavy atom. The molecule has 2 aromatic rings. The zero-order valence-corrected chi connectivity index (χ0v) is 12.8. The minimum Gasteiger partial charge on any atom is -0.482 e. The fourth-order valence-electron chi connectivity index (χ4n) is 2.39. The highest BCUT2D eigenvalue weighted by Gasteiger charge is 2.22. The van der Waals surface area contributed by atoms with E-state index >= 15 is 0 Å². The highest BCUT2D eigenvalue weighted by molar-refractivity contribution is 5.97. The fraction of sp³-hybridized carbons (Fsp3) is 0.235. The molecule has 1 aromatic heterocycles. The molecule has 0 unspecified atom stereocenters. The largest absolute Gasteiger partial charge is 0.482 e. The van der Waals surface area contributed by atoms with E-state index in [2.05, 4.69) is 10.3 Å². The molecule has 6 nitrogen and oxygen atoms in total. The van der Waals surface area contributed by atoms with Crippen LogP contribution < -0.4 is 15.0 Å². The van der Waals surface area contributed by atoms with Crippen LogP contribution in [0.5, 0.6) is 5.75 Å². The number of nitrogens with one attached hydrogen (secondary N) is 1. The summed E-state index contributed by atoms with van der Waals surface area (Å²) in [6.07, 6.45) is 3.83. The lowest BCUT2D eigenvalue weighted by atomic mass is 10.1. The quantitative estimate of drug-likeness (QED) is 0.927. The summed E-state index contributed by atoms with van der Waals surface area (Å²) in [6, 6.07) is 9.17. The first-order chi connectivity index (χ1) is 11.1. The van der Waals surface area contributed by atoms with E-state index in [0.717, 1.165) is 11.3 Å². The van der Waals surface area contributed by atoms with Gasteiger partial charge in [-0.3, -0.25) is 14.6 Å². The van der Waals surface area contributed by atoms with Gasteiger partial charge in [0.25, 0.3) is 11.8 Å². The number of ether oxygens (including phenoxy) is 1. The van der Waals surface area contributed by atoms with Gasteiger partial charge in [0.05, 0.1) is 11.3 Å². The van der Waals surface area contributed by atoms with Crippen LogP contribution in [-0.4, -0.2) is 37.0 Å². The average molecular weight is 311 g/mol. The predicted molar refractivity (Wildman–Crippen MR) is 85.6 cm³/mol. The second-order valence-corrected chi connectivity index (χ2v) is 5.29. The van der Waals surface area contributed by atoms with Crippen LogP contribution in [0.4, 0.5) is 5.69 Å². The first-order valence-electron chi connectivity index (χ1n) is 7.35. The Kier molecular flexibility index (Phi) is 4.23. The molecule has 3 rings (SSSR count). The number of hydrogen-bond donors (Lipinski definition) is 1. The van der Waals surface area contributed by atoms with E-state index in [-0.39, 0.29) is 18.4 Å². The lowest BCUT2D eigenvalue weighted by molar-refractivity contribution is -0.120. The fourth-order valence-corrected chi connectivity index (χ4v) is 2.39. The average Bonchev–Trinajstić information content (AvgIpc) is 2.59. The van der Waals surface area contributed by atoms with Crippen molar-refractivity contribution in [1.82, 2.24) is 10.3 Å². The summed E-state index contributed by atoms with van der Waals surface area (Å²) in [5.41, 5.74) is 2.33. The van der Waals surface area contributed by atoms with Crippen molar-refractivity contribution < 1.29 is 14.3 Å². The number of fused-ring (bicyclic) bond motifs is 1. The predicted octanol–water partition coefficient (Wildman–Crippen LogP) is 1.41. The molecule has 0 aliphatic carbocycles. The van der Waals surface area contributed by atoms with Crippen molar-refractivity contribution in [2.75, 3.05) is 25.1 Å². The number of pyridine rings is 1. The molecule has 0 saturated carbocycles. The van der Waals surface area contributed by atoms with Gasteiger partial charge in [0, 0.05) is 26.0 Å². The molecule has 0 saturated heterocycles. The van der Waals surface area contributed by atoms with Crippen LogP contribution in [0.2, 0.25) is 0 Å². The Morgan fingerprint density at radius 3 is 3.04 bits per heavy atom. The summed E-state index contributed by atoms with van der Waals surface area (Å²) < 4.78 is 5.39. The van der Waals surface area contributed by atoms with Crippen LogP contribution in [0.3, 0.4) is 0 Å². The number of carbonyl (C=O) groups excluding carboxylic acids is 2. The molecule has 2 amide bonds. The van der Waals surface area contributed by atoms with E-state index in [9.17, 15) is 9.59 Å². The van der Waals surface area contributed by atoms with Crippen molar-refractivity contribution in [2.24, 2.45) is 0 Å². The minimum atomic E-state index is -0.147. The second-order valence-electron chi connectivity index (χ2n) is 5.29. The van der Waals surface area contributed by atoms with Gasteiger partial charge in [0.1, 0.15) is 5.75 Å². The number of likely N-dealkylation sites (N-methyl/N-ethyl adjacent to an activating group) is 1. The number of carbonyl (C=O) groups is 2. The highest BCUT2D eigenvalue weighted by atomic mass is 16.5.